The minimum absolute atomic E-state index is 0.181. The molecule has 0 spiro atoms. The van der Waals surface area contributed by atoms with Crippen LogP contribution in [-0.2, 0) is 0 Å². The SMILES string of the molecule is Cc1cccc(-n2ncc3c(N4CCN(C(c5ccccc5)c5ccc(Cl)cc5)CC4)ncnc32)c1. The third-order valence-corrected chi connectivity index (χ3v) is 7.12. The molecule has 1 atom stereocenters. The molecule has 2 aromatic heterocycles. The molecule has 3 aromatic carbocycles. The molecule has 7 heteroatoms. The first-order valence-corrected chi connectivity index (χ1v) is 12.6. The Hall–Kier alpha value is -3.74. The van der Waals surface area contributed by atoms with E-state index in [1.54, 1.807) is 6.33 Å². The van der Waals surface area contributed by atoms with E-state index in [-0.39, 0.29) is 6.04 Å². The molecule has 0 saturated carbocycles. The number of rotatable bonds is 5. The van der Waals surface area contributed by atoms with Crippen LogP contribution in [0.4, 0.5) is 5.82 Å². The van der Waals surface area contributed by atoms with Crippen molar-refractivity contribution in [2.45, 2.75) is 13.0 Å². The van der Waals surface area contributed by atoms with Crippen molar-refractivity contribution in [1.29, 1.82) is 0 Å². The average molecular weight is 495 g/mol. The largest absolute Gasteiger partial charge is 0.353 e. The predicted octanol–water partition coefficient (Wildman–Crippen LogP) is 5.69. The van der Waals surface area contributed by atoms with Crippen molar-refractivity contribution in [2.24, 2.45) is 0 Å². The molecule has 1 aliphatic heterocycles. The first-order chi connectivity index (χ1) is 17.7. The lowest BCUT2D eigenvalue weighted by atomic mass is 9.96. The fraction of sp³-hybridized carbons (Fsp3) is 0.207. The van der Waals surface area contributed by atoms with Crippen LogP contribution in [0.2, 0.25) is 5.02 Å². The van der Waals surface area contributed by atoms with E-state index in [9.17, 15) is 0 Å². The molecule has 1 saturated heterocycles. The van der Waals surface area contributed by atoms with Gasteiger partial charge in [0.2, 0.25) is 0 Å². The van der Waals surface area contributed by atoms with Crippen LogP contribution in [-0.4, -0.2) is 50.8 Å². The normalized spacial score (nSPS) is 15.3. The zero-order chi connectivity index (χ0) is 24.5. The molecule has 1 fully saturated rings. The molecule has 180 valence electrons. The Morgan fingerprint density at radius 2 is 1.56 bits per heavy atom. The highest BCUT2D eigenvalue weighted by atomic mass is 35.5. The molecule has 6 rings (SSSR count). The Kier molecular flexibility index (Phi) is 6.13. The lowest BCUT2D eigenvalue weighted by molar-refractivity contribution is 0.212. The van der Waals surface area contributed by atoms with Gasteiger partial charge in [0.15, 0.2) is 5.65 Å². The molecular formula is C29H27ClN6. The zero-order valence-corrected chi connectivity index (χ0v) is 20.9. The highest BCUT2D eigenvalue weighted by Crippen LogP contribution is 2.32. The second kappa shape index (κ2) is 9.72. The van der Waals surface area contributed by atoms with Crippen molar-refractivity contribution in [3.8, 4) is 5.69 Å². The van der Waals surface area contributed by atoms with Crippen LogP contribution in [0.15, 0.2) is 91.4 Å². The number of hydrogen-bond acceptors (Lipinski definition) is 5. The Morgan fingerprint density at radius 3 is 2.31 bits per heavy atom. The second-order valence-electron chi connectivity index (χ2n) is 9.22. The maximum absolute atomic E-state index is 6.19. The number of fused-ring (bicyclic) bond motifs is 1. The third-order valence-electron chi connectivity index (χ3n) is 6.87. The highest BCUT2D eigenvalue weighted by molar-refractivity contribution is 6.30. The van der Waals surface area contributed by atoms with Crippen molar-refractivity contribution in [3.05, 3.63) is 113 Å². The van der Waals surface area contributed by atoms with E-state index in [4.69, 9.17) is 11.6 Å². The van der Waals surface area contributed by atoms with Gasteiger partial charge in [0.05, 0.1) is 23.3 Å². The van der Waals surface area contributed by atoms with E-state index >= 15 is 0 Å². The van der Waals surface area contributed by atoms with Gasteiger partial charge in [-0.1, -0.05) is 66.2 Å². The van der Waals surface area contributed by atoms with Gasteiger partial charge in [-0.2, -0.15) is 5.10 Å². The number of halogens is 1. The molecule has 3 heterocycles. The second-order valence-corrected chi connectivity index (χ2v) is 9.65. The molecule has 36 heavy (non-hydrogen) atoms. The van der Waals surface area contributed by atoms with Gasteiger partial charge >= 0.3 is 0 Å². The van der Waals surface area contributed by atoms with Crippen LogP contribution >= 0.6 is 11.6 Å². The highest BCUT2D eigenvalue weighted by Gasteiger charge is 2.28. The minimum Gasteiger partial charge on any atom is -0.353 e. The molecule has 5 aromatic rings. The van der Waals surface area contributed by atoms with Gasteiger partial charge in [-0.15, -0.1) is 0 Å². The van der Waals surface area contributed by atoms with E-state index in [0.29, 0.717) is 0 Å². The lowest BCUT2D eigenvalue weighted by Gasteiger charge is -2.40. The van der Waals surface area contributed by atoms with Crippen LogP contribution in [0, 0.1) is 6.92 Å². The molecule has 6 nitrogen and oxygen atoms in total. The van der Waals surface area contributed by atoms with Crippen molar-refractivity contribution < 1.29 is 0 Å². The van der Waals surface area contributed by atoms with Gasteiger partial charge in [0.1, 0.15) is 12.1 Å². The number of nitrogens with zero attached hydrogens (tertiary/aromatic N) is 6. The summed E-state index contributed by atoms with van der Waals surface area (Å²) >= 11 is 6.19. The van der Waals surface area contributed by atoms with Crippen molar-refractivity contribution in [1.82, 2.24) is 24.6 Å². The number of piperazine rings is 1. The standard InChI is InChI=1S/C29H27ClN6/c1-21-6-5-9-25(18-21)36-29-26(19-33-36)28(31-20-32-29)35-16-14-34(15-17-35)27(22-7-3-2-4-8-22)23-10-12-24(30)13-11-23/h2-13,18-20,27H,14-17H2,1H3. The van der Waals surface area contributed by atoms with Gasteiger partial charge in [-0.3, -0.25) is 4.90 Å². The van der Waals surface area contributed by atoms with Crippen LogP contribution < -0.4 is 4.90 Å². The minimum atomic E-state index is 0.181. The summed E-state index contributed by atoms with van der Waals surface area (Å²) in [6.07, 6.45) is 3.54. The van der Waals surface area contributed by atoms with Crippen LogP contribution in [0.25, 0.3) is 16.7 Å². The fourth-order valence-corrected chi connectivity index (χ4v) is 5.24. The predicted molar refractivity (Wildman–Crippen MR) is 145 cm³/mol. The van der Waals surface area contributed by atoms with Crippen molar-refractivity contribution in [2.75, 3.05) is 31.1 Å². The van der Waals surface area contributed by atoms with Crippen molar-refractivity contribution >= 4 is 28.5 Å². The third kappa shape index (κ3) is 4.34. The number of aryl methyl sites for hydroxylation is 1. The number of hydrogen-bond donors (Lipinski definition) is 0. The maximum Gasteiger partial charge on any atom is 0.168 e. The van der Waals surface area contributed by atoms with E-state index in [0.717, 1.165) is 53.7 Å². The summed E-state index contributed by atoms with van der Waals surface area (Å²) in [5.74, 6) is 0.946. The van der Waals surface area contributed by atoms with Crippen LogP contribution in [0.3, 0.4) is 0 Å². The van der Waals surface area contributed by atoms with Crippen LogP contribution in [0.1, 0.15) is 22.7 Å². The summed E-state index contributed by atoms with van der Waals surface area (Å²) in [6, 6.07) is 27.4. The fourth-order valence-electron chi connectivity index (χ4n) is 5.12. The molecule has 0 aliphatic carbocycles. The molecular weight excluding hydrogens is 468 g/mol. The molecule has 0 radical (unpaired) electrons. The van der Waals surface area contributed by atoms with E-state index in [1.807, 2.05) is 29.1 Å². The number of aromatic nitrogens is 4. The number of anilines is 1. The summed E-state index contributed by atoms with van der Waals surface area (Å²) < 4.78 is 1.90. The average Bonchev–Trinajstić information content (AvgIpc) is 3.36. The Labute approximate surface area is 215 Å². The molecule has 0 N–H and O–H groups in total. The summed E-state index contributed by atoms with van der Waals surface area (Å²) in [6.45, 7) is 5.67. The summed E-state index contributed by atoms with van der Waals surface area (Å²) in [5.41, 5.74) is 5.57. The summed E-state index contributed by atoms with van der Waals surface area (Å²) in [7, 11) is 0. The quantitative estimate of drug-likeness (QED) is 0.314. The monoisotopic (exact) mass is 494 g/mol. The number of benzene rings is 3. The van der Waals surface area contributed by atoms with Gasteiger partial charge in [0.25, 0.3) is 0 Å². The van der Waals surface area contributed by atoms with E-state index in [1.165, 1.54) is 16.7 Å². The Balaban J connectivity index is 1.27. The van der Waals surface area contributed by atoms with E-state index in [2.05, 4.69) is 92.5 Å². The first-order valence-electron chi connectivity index (χ1n) is 12.2. The molecule has 1 aliphatic rings. The first kappa shape index (κ1) is 22.7. The topological polar surface area (TPSA) is 50.1 Å². The van der Waals surface area contributed by atoms with Crippen LogP contribution in [0.5, 0.6) is 0 Å². The van der Waals surface area contributed by atoms with Gasteiger partial charge in [0, 0.05) is 31.2 Å². The lowest BCUT2D eigenvalue weighted by Crippen LogP contribution is -2.48. The molecule has 0 bridgehead atoms. The summed E-state index contributed by atoms with van der Waals surface area (Å²) in [5, 5.41) is 6.39. The maximum atomic E-state index is 6.19. The summed E-state index contributed by atoms with van der Waals surface area (Å²) in [4.78, 5) is 14.2. The Morgan fingerprint density at radius 1 is 0.806 bits per heavy atom. The van der Waals surface area contributed by atoms with E-state index < -0.39 is 0 Å². The molecule has 0 amide bonds. The smallest absolute Gasteiger partial charge is 0.168 e. The van der Waals surface area contributed by atoms with Gasteiger partial charge < -0.3 is 4.90 Å². The van der Waals surface area contributed by atoms with Crippen molar-refractivity contribution in [3.63, 3.8) is 0 Å². The zero-order valence-electron chi connectivity index (χ0n) is 20.1. The van der Waals surface area contributed by atoms with Gasteiger partial charge in [-0.25, -0.2) is 14.6 Å². The molecule has 1 unspecified atom stereocenters. The Bertz CT molecular complexity index is 1470. The van der Waals surface area contributed by atoms with Gasteiger partial charge in [-0.05, 0) is 47.9 Å².